The van der Waals surface area contributed by atoms with Crippen molar-refractivity contribution in [3.05, 3.63) is 34.2 Å². The van der Waals surface area contributed by atoms with Crippen LogP contribution in [0.15, 0.2) is 18.5 Å². The molecule has 1 aliphatic heterocycles. The van der Waals surface area contributed by atoms with Crippen LogP contribution in [0.4, 0.5) is 0 Å². The number of imidazole rings is 1. The van der Waals surface area contributed by atoms with Gasteiger partial charge in [-0.1, -0.05) is 23.2 Å². The zero-order valence-electron chi connectivity index (χ0n) is 10.6. The highest BCUT2D eigenvalue weighted by molar-refractivity contribution is 6.36. The van der Waals surface area contributed by atoms with Crippen LogP contribution in [0.1, 0.15) is 18.5 Å². The normalized spacial score (nSPS) is 19.8. The van der Waals surface area contributed by atoms with E-state index in [9.17, 15) is 9.90 Å². The number of hydrogen-bond acceptors (Lipinski definition) is 3. The Kier molecular flexibility index (Phi) is 3.58. The summed E-state index contributed by atoms with van der Waals surface area (Å²) in [6.45, 7) is 1.28. The molecule has 0 unspecified atom stereocenters. The van der Waals surface area contributed by atoms with Crippen LogP contribution in [-0.4, -0.2) is 37.9 Å². The maximum absolute atomic E-state index is 11.2. The molecule has 2 aromatic rings. The highest BCUT2D eigenvalue weighted by Gasteiger charge is 2.30. The molecule has 1 aliphatic rings. The van der Waals surface area contributed by atoms with Crippen molar-refractivity contribution >= 4 is 34.8 Å². The minimum absolute atomic E-state index is 0.418. The summed E-state index contributed by atoms with van der Waals surface area (Å²) in [7, 11) is 0. The van der Waals surface area contributed by atoms with Gasteiger partial charge in [0.2, 0.25) is 0 Å². The number of rotatable bonds is 3. The second kappa shape index (κ2) is 5.24. The van der Waals surface area contributed by atoms with Crippen molar-refractivity contribution in [1.29, 1.82) is 0 Å². The van der Waals surface area contributed by atoms with Gasteiger partial charge in [0.25, 0.3) is 0 Å². The number of hydrogen-bond donors (Lipinski definition) is 1. The van der Waals surface area contributed by atoms with Gasteiger partial charge in [-0.25, -0.2) is 4.98 Å². The first-order valence-electron chi connectivity index (χ1n) is 6.34. The van der Waals surface area contributed by atoms with E-state index in [0.29, 0.717) is 28.7 Å². The van der Waals surface area contributed by atoms with Crippen LogP contribution in [0.25, 0.3) is 5.65 Å². The van der Waals surface area contributed by atoms with E-state index in [2.05, 4.69) is 4.98 Å². The Labute approximate surface area is 125 Å². The van der Waals surface area contributed by atoms with E-state index in [0.717, 1.165) is 18.7 Å². The number of halogens is 2. The third-order valence-corrected chi connectivity index (χ3v) is 4.02. The summed E-state index contributed by atoms with van der Waals surface area (Å²) in [6, 6.07) is 1.23. The van der Waals surface area contributed by atoms with Gasteiger partial charge in [-0.05, 0) is 25.5 Å². The second-order valence-electron chi connectivity index (χ2n) is 4.94. The number of likely N-dealkylation sites (tertiary alicyclic amines) is 1. The van der Waals surface area contributed by atoms with E-state index in [-0.39, 0.29) is 0 Å². The first-order chi connectivity index (χ1) is 9.54. The molecule has 0 bridgehead atoms. The van der Waals surface area contributed by atoms with Gasteiger partial charge in [-0.15, -0.1) is 0 Å². The van der Waals surface area contributed by atoms with E-state index in [1.165, 1.54) is 0 Å². The van der Waals surface area contributed by atoms with E-state index >= 15 is 0 Å². The predicted octanol–water partition coefficient (Wildman–Crippen LogP) is 2.69. The molecule has 5 nitrogen and oxygen atoms in total. The van der Waals surface area contributed by atoms with Crippen molar-refractivity contribution in [2.24, 2.45) is 0 Å². The molecule has 20 heavy (non-hydrogen) atoms. The van der Waals surface area contributed by atoms with Crippen LogP contribution in [0.3, 0.4) is 0 Å². The number of pyridine rings is 1. The summed E-state index contributed by atoms with van der Waals surface area (Å²) in [5, 5.41) is 10.2. The van der Waals surface area contributed by atoms with Crippen LogP contribution in [0, 0.1) is 0 Å². The molecule has 0 aliphatic carbocycles. The maximum Gasteiger partial charge on any atom is 0.320 e. The Morgan fingerprint density at radius 1 is 1.45 bits per heavy atom. The third kappa shape index (κ3) is 2.49. The van der Waals surface area contributed by atoms with Gasteiger partial charge < -0.3 is 9.51 Å². The minimum atomic E-state index is -0.771. The average molecular weight is 314 g/mol. The van der Waals surface area contributed by atoms with E-state index in [1.54, 1.807) is 16.7 Å². The largest absolute Gasteiger partial charge is 0.480 e. The summed E-state index contributed by atoms with van der Waals surface area (Å²) >= 11 is 12.0. The quantitative estimate of drug-likeness (QED) is 0.946. The number of carbonyl (C=O) groups is 1. The SMILES string of the molecule is O=C(O)[C@@H]1CCCN1Cc1cn2cc(Cl)cc(Cl)c2n1. The van der Waals surface area contributed by atoms with Gasteiger partial charge in [0.05, 0.1) is 15.7 Å². The summed E-state index contributed by atoms with van der Waals surface area (Å²) in [5.41, 5.74) is 1.43. The molecule has 0 aromatic carbocycles. The van der Waals surface area contributed by atoms with Gasteiger partial charge >= 0.3 is 5.97 Å². The highest BCUT2D eigenvalue weighted by atomic mass is 35.5. The molecule has 7 heteroatoms. The number of carboxylic acid groups (broad SMARTS) is 1. The number of aromatic nitrogens is 2. The summed E-state index contributed by atoms with van der Waals surface area (Å²) in [5.74, 6) is -0.771. The maximum atomic E-state index is 11.2. The van der Waals surface area contributed by atoms with Crippen molar-refractivity contribution in [3.63, 3.8) is 0 Å². The lowest BCUT2D eigenvalue weighted by Crippen LogP contribution is -2.35. The smallest absolute Gasteiger partial charge is 0.320 e. The lowest BCUT2D eigenvalue weighted by atomic mass is 10.2. The van der Waals surface area contributed by atoms with Crippen molar-refractivity contribution in [3.8, 4) is 0 Å². The Morgan fingerprint density at radius 2 is 2.25 bits per heavy atom. The molecular weight excluding hydrogens is 301 g/mol. The van der Waals surface area contributed by atoms with Crippen LogP contribution in [0.2, 0.25) is 10.0 Å². The molecule has 1 saturated heterocycles. The predicted molar refractivity (Wildman–Crippen MR) is 76.3 cm³/mol. The first-order valence-corrected chi connectivity index (χ1v) is 7.09. The average Bonchev–Trinajstić information content (AvgIpc) is 2.95. The summed E-state index contributed by atoms with van der Waals surface area (Å²) in [6.07, 6.45) is 5.16. The molecule has 106 valence electrons. The van der Waals surface area contributed by atoms with Crippen LogP contribution >= 0.6 is 23.2 Å². The lowest BCUT2D eigenvalue weighted by molar-refractivity contribution is -0.142. The number of nitrogens with zero attached hydrogens (tertiary/aromatic N) is 3. The molecule has 1 fully saturated rings. The van der Waals surface area contributed by atoms with E-state index in [1.807, 2.05) is 11.1 Å². The second-order valence-corrected chi connectivity index (χ2v) is 5.78. The molecule has 1 N–H and O–H groups in total. The fraction of sp³-hybridized carbons (Fsp3) is 0.385. The highest BCUT2D eigenvalue weighted by Crippen LogP contribution is 2.24. The molecular formula is C13H13Cl2N3O2. The standard InChI is InChI=1S/C13H13Cl2N3O2/c14-8-4-10(15)12-16-9(7-18(12)5-8)6-17-3-1-2-11(17)13(19)20/h4-5,7,11H,1-3,6H2,(H,19,20)/t11-/m0/s1. The lowest BCUT2D eigenvalue weighted by Gasteiger charge is -2.19. The summed E-state index contributed by atoms with van der Waals surface area (Å²) < 4.78 is 1.77. The minimum Gasteiger partial charge on any atom is -0.480 e. The van der Waals surface area contributed by atoms with Crippen molar-refractivity contribution in [2.45, 2.75) is 25.4 Å². The Bertz CT molecular complexity index is 671. The fourth-order valence-electron chi connectivity index (χ4n) is 2.65. The molecule has 3 heterocycles. The zero-order valence-corrected chi connectivity index (χ0v) is 12.1. The van der Waals surface area contributed by atoms with Crippen LogP contribution in [0.5, 0.6) is 0 Å². The molecule has 0 amide bonds. The Balaban J connectivity index is 1.88. The van der Waals surface area contributed by atoms with E-state index in [4.69, 9.17) is 23.2 Å². The molecule has 3 rings (SSSR count). The van der Waals surface area contributed by atoms with Gasteiger partial charge in [-0.3, -0.25) is 9.69 Å². The van der Waals surface area contributed by atoms with Gasteiger partial charge in [0.1, 0.15) is 6.04 Å². The van der Waals surface area contributed by atoms with Gasteiger partial charge in [0.15, 0.2) is 5.65 Å². The van der Waals surface area contributed by atoms with Crippen LogP contribution < -0.4 is 0 Å². The number of aliphatic carboxylic acids is 1. The molecule has 0 spiro atoms. The fourth-order valence-corrected chi connectivity index (χ4v) is 3.18. The van der Waals surface area contributed by atoms with Crippen molar-refractivity contribution < 1.29 is 9.90 Å². The number of carboxylic acids is 1. The van der Waals surface area contributed by atoms with Crippen molar-refractivity contribution in [2.75, 3.05) is 6.54 Å². The topological polar surface area (TPSA) is 57.8 Å². The van der Waals surface area contributed by atoms with Gasteiger partial charge in [-0.2, -0.15) is 0 Å². The molecule has 0 radical (unpaired) electrons. The van der Waals surface area contributed by atoms with Crippen LogP contribution in [-0.2, 0) is 11.3 Å². The van der Waals surface area contributed by atoms with E-state index < -0.39 is 12.0 Å². The Hall–Kier alpha value is -1.30. The Morgan fingerprint density at radius 3 is 3.00 bits per heavy atom. The third-order valence-electron chi connectivity index (χ3n) is 3.54. The molecule has 1 atom stereocenters. The number of fused-ring (bicyclic) bond motifs is 1. The summed E-state index contributed by atoms with van der Waals surface area (Å²) in [4.78, 5) is 17.5. The van der Waals surface area contributed by atoms with Crippen molar-refractivity contribution in [1.82, 2.24) is 14.3 Å². The molecule has 0 saturated carbocycles. The first kappa shape index (κ1) is 13.7. The zero-order chi connectivity index (χ0) is 14.3. The van der Waals surface area contributed by atoms with Gasteiger partial charge in [0, 0.05) is 18.9 Å². The monoisotopic (exact) mass is 313 g/mol. The molecule has 2 aromatic heterocycles.